The highest BCUT2D eigenvalue weighted by Crippen LogP contribution is 2.43. The topological polar surface area (TPSA) is 83.1 Å². The molecule has 5 rings (SSSR count). The first-order valence-electron chi connectivity index (χ1n) is 12.5. The van der Waals surface area contributed by atoms with Crippen LogP contribution in [0.1, 0.15) is 67.6 Å². The van der Waals surface area contributed by atoms with E-state index in [4.69, 9.17) is 9.72 Å². The highest BCUT2D eigenvalue weighted by atomic mass is 19.1. The second-order valence-electron chi connectivity index (χ2n) is 9.71. The van der Waals surface area contributed by atoms with Gasteiger partial charge in [-0.05, 0) is 85.0 Å². The van der Waals surface area contributed by atoms with E-state index in [0.717, 1.165) is 59.0 Å². The maximum atomic E-state index is 13.9. The Labute approximate surface area is 204 Å². The first-order chi connectivity index (χ1) is 17.0. The van der Waals surface area contributed by atoms with E-state index in [1.807, 2.05) is 24.4 Å². The molecular formula is C28H33FN4O2. The molecule has 1 unspecified atom stereocenters. The first-order valence-corrected chi connectivity index (χ1v) is 12.5. The second-order valence-corrected chi connectivity index (χ2v) is 9.71. The van der Waals surface area contributed by atoms with E-state index < -0.39 is 6.23 Å². The third-order valence-corrected chi connectivity index (χ3v) is 7.57. The Kier molecular flexibility index (Phi) is 7.09. The molecule has 1 saturated carbocycles. The van der Waals surface area contributed by atoms with Gasteiger partial charge in [0.2, 0.25) is 0 Å². The Morgan fingerprint density at radius 3 is 2.71 bits per heavy atom. The van der Waals surface area contributed by atoms with Crippen LogP contribution in [0.3, 0.4) is 0 Å². The number of pyridine rings is 1. The summed E-state index contributed by atoms with van der Waals surface area (Å²) < 4.78 is 18.9. The van der Waals surface area contributed by atoms with Gasteiger partial charge in [0.1, 0.15) is 17.9 Å². The molecule has 1 fully saturated rings. The number of aromatic nitrogens is 3. The third kappa shape index (κ3) is 5.08. The standard InChI is InChI=1S/C28H33FN4O2/c1-17(27-32-25-9-7-20(15-26(25)33-27)28(34)31-13-14-35-2)18-3-5-19(6-4-18)22-11-12-30-24-10-8-21(29)16-23(22)24/h7-12,15-19,28,31,34H,3-6,13-14H2,1-2H3,(H,32,33)/t17-,18-,19-,28?/m1/s1. The number of aliphatic hydroxyl groups excluding tert-OH is 1. The first kappa shape index (κ1) is 23.9. The van der Waals surface area contributed by atoms with Crippen LogP contribution in [0.25, 0.3) is 21.9 Å². The Bertz CT molecular complexity index is 1300. The van der Waals surface area contributed by atoms with Crippen molar-refractivity contribution in [1.82, 2.24) is 20.3 Å². The van der Waals surface area contributed by atoms with Crippen molar-refractivity contribution in [2.24, 2.45) is 5.92 Å². The van der Waals surface area contributed by atoms with Crippen LogP contribution in [0.5, 0.6) is 0 Å². The van der Waals surface area contributed by atoms with E-state index in [1.54, 1.807) is 19.2 Å². The van der Waals surface area contributed by atoms with Gasteiger partial charge in [0.15, 0.2) is 0 Å². The summed E-state index contributed by atoms with van der Waals surface area (Å²) >= 11 is 0. The predicted molar refractivity (Wildman–Crippen MR) is 136 cm³/mol. The molecule has 4 aromatic rings. The molecule has 2 aromatic heterocycles. The fourth-order valence-corrected chi connectivity index (χ4v) is 5.50. The molecule has 35 heavy (non-hydrogen) atoms. The van der Waals surface area contributed by atoms with Gasteiger partial charge in [-0.15, -0.1) is 0 Å². The van der Waals surface area contributed by atoms with Crippen molar-refractivity contribution in [2.45, 2.75) is 50.7 Å². The smallest absolute Gasteiger partial charge is 0.131 e. The Morgan fingerprint density at radius 2 is 1.91 bits per heavy atom. The monoisotopic (exact) mass is 476 g/mol. The number of hydrogen-bond acceptors (Lipinski definition) is 5. The summed E-state index contributed by atoms with van der Waals surface area (Å²) in [6, 6.07) is 12.8. The van der Waals surface area contributed by atoms with Gasteiger partial charge in [-0.1, -0.05) is 13.0 Å². The van der Waals surface area contributed by atoms with Crippen molar-refractivity contribution in [3.63, 3.8) is 0 Å². The maximum absolute atomic E-state index is 13.9. The van der Waals surface area contributed by atoms with Crippen LogP contribution in [-0.2, 0) is 4.74 Å². The number of rotatable bonds is 8. The lowest BCUT2D eigenvalue weighted by Crippen LogP contribution is -2.24. The van der Waals surface area contributed by atoms with Crippen LogP contribution in [0, 0.1) is 11.7 Å². The van der Waals surface area contributed by atoms with Crippen LogP contribution in [0.15, 0.2) is 48.7 Å². The van der Waals surface area contributed by atoms with E-state index in [1.165, 1.54) is 11.6 Å². The van der Waals surface area contributed by atoms with Crippen molar-refractivity contribution in [2.75, 3.05) is 20.3 Å². The molecule has 2 heterocycles. The van der Waals surface area contributed by atoms with E-state index in [9.17, 15) is 9.50 Å². The van der Waals surface area contributed by atoms with Gasteiger partial charge >= 0.3 is 0 Å². The van der Waals surface area contributed by atoms with Gasteiger partial charge < -0.3 is 14.8 Å². The lowest BCUT2D eigenvalue weighted by atomic mass is 9.73. The summed E-state index contributed by atoms with van der Waals surface area (Å²) in [5.41, 5.74) is 4.74. The molecule has 1 aliphatic carbocycles. The molecule has 0 aliphatic heterocycles. The van der Waals surface area contributed by atoms with Crippen LogP contribution < -0.4 is 5.32 Å². The molecule has 0 bridgehead atoms. The summed E-state index contributed by atoms with van der Waals surface area (Å²) in [5, 5.41) is 14.4. The molecule has 0 spiro atoms. The number of aromatic amines is 1. The minimum atomic E-state index is -0.744. The van der Waals surface area contributed by atoms with Crippen LogP contribution in [-0.4, -0.2) is 40.3 Å². The average Bonchev–Trinajstić information content (AvgIpc) is 3.31. The average molecular weight is 477 g/mol. The van der Waals surface area contributed by atoms with Gasteiger partial charge in [-0.2, -0.15) is 0 Å². The molecular weight excluding hydrogens is 443 g/mol. The fourth-order valence-electron chi connectivity index (χ4n) is 5.50. The number of hydrogen-bond donors (Lipinski definition) is 3. The molecule has 2 aromatic carbocycles. The summed E-state index contributed by atoms with van der Waals surface area (Å²) in [6.07, 6.45) is 5.47. The number of benzene rings is 2. The minimum absolute atomic E-state index is 0.208. The number of H-pyrrole nitrogens is 1. The quantitative estimate of drug-likeness (QED) is 0.229. The Hall–Kier alpha value is -2.87. The van der Waals surface area contributed by atoms with Gasteiger partial charge in [-0.25, -0.2) is 9.37 Å². The second kappa shape index (κ2) is 10.4. The van der Waals surface area contributed by atoms with E-state index >= 15 is 0 Å². The summed E-state index contributed by atoms with van der Waals surface area (Å²) in [4.78, 5) is 12.8. The Balaban J connectivity index is 1.26. The molecule has 1 aliphatic rings. The van der Waals surface area contributed by atoms with Crippen molar-refractivity contribution in [1.29, 1.82) is 0 Å². The van der Waals surface area contributed by atoms with Crippen molar-refractivity contribution in [3.05, 3.63) is 71.4 Å². The lowest BCUT2D eigenvalue weighted by molar-refractivity contribution is 0.119. The molecule has 0 radical (unpaired) electrons. The predicted octanol–water partition coefficient (Wildman–Crippen LogP) is 5.55. The third-order valence-electron chi connectivity index (χ3n) is 7.57. The molecule has 3 N–H and O–H groups in total. The minimum Gasteiger partial charge on any atom is -0.383 e. The van der Waals surface area contributed by atoms with Crippen molar-refractivity contribution < 1.29 is 14.2 Å². The molecule has 7 heteroatoms. The number of imidazole rings is 1. The van der Waals surface area contributed by atoms with Gasteiger partial charge in [0.05, 0.1) is 23.2 Å². The normalized spacial score (nSPS) is 20.3. The number of aliphatic hydroxyl groups is 1. The van der Waals surface area contributed by atoms with E-state index in [-0.39, 0.29) is 5.82 Å². The van der Waals surface area contributed by atoms with E-state index in [2.05, 4.69) is 28.3 Å². The van der Waals surface area contributed by atoms with Crippen molar-refractivity contribution in [3.8, 4) is 0 Å². The SMILES string of the molecule is COCCNC(O)c1ccc2nc([C@H](C)[C@H]3CC[C@H](c4ccnc5ccc(F)cc54)CC3)[nH]c2c1. The van der Waals surface area contributed by atoms with Crippen LogP contribution in [0.4, 0.5) is 4.39 Å². The number of fused-ring (bicyclic) bond motifs is 2. The summed E-state index contributed by atoms with van der Waals surface area (Å²) in [7, 11) is 1.64. The summed E-state index contributed by atoms with van der Waals surface area (Å²) in [5.74, 6) is 2.07. The molecule has 2 atom stereocenters. The molecule has 184 valence electrons. The number of nitrogens with zero attached hydrogens (tertiary/aromatic N) is 2. The highest BCUT2D eigenvalue weighted by molar-refractivity contribution is 5.82. The van der Waals surface area contributed by atoms with Crippen molar-refractivity contribution >= 4 is 21.9 Å². The van der Waals surface area contributed by atoms with Gasteiger partial charge in [0.25, 0.3) is 0 Å². The Morgan fingerprint density at radius 1 is 1.11 bits per heavy atom. The fraction of sp³-hybridized carbons (Fsp3) is 0.429. The lowest BCUT2D eigenvalue weighted by Gasteiger charge is -2.32. The van der Waals surface area contributed by atoms with Crippen LogP contribution in [0.2, 0.25) is 0 Å². The number of methoxy groups -OCH3 is 1. The zero-order valence-electron chi connectivity index (χ0n) is 20.3. The molecule has 6 nitrogen and oxygen atoms in total. The van der Waals surface area contributed by atoms with Gasteiger partial charge in [0, 0.05) is 31.2 Å². The number of nitrogens with one attached hydrogen (secondary N) is 2. The largest absolute Gasteiger partial charge is 0.383 e. The summed E-state index contributed by atoms with van der Waals surface area (Å²) in [6.45, 7) is 3.37. The zero-order valence-corrected chi connectivity index (χ0v) is 20.3. The van der Waals surface area contributed by atoms with Crippen LogP contribution >= 0.6 is 0 Å². The zero-order chi connectivity index (χ0) is 24.4. The molecule has 0 saturated heterocycles. The number of halogens is 1. The number of ether oxygens (including phenoxy) is 1. The van der Waals surface area contributed by atoms with Gasteiger partial charge in [-0.3, -0.25) is 10.3 Å². The molecule has 0 amide bonds. The van der Waals surface area contributed by atoms with E-state index in [0.29, 0.717) is 30.9 Å². The maximum Gasteiger partial charge on any atom is 0.131 e. The highest BCUT2D eigenvalue weighted by Gasteiger charge is 2.29.